The predicted molar refractivity (Wildman–Crippen MR) is 50.2 cm³/mol. The van der Waals surface area contributed by atoms with Crippen molar-refractivity contribution in [3.05, 3.63) is 0 Å². The molecule has 3 atom stereocenters. The third-order valence-corrected chi connectivity index (χ3v) is 4.21. The molecular formula is C11H17NO. The zero-order valence-corrected chi connectivity index (χ0v) is 8.04. The number of nitrogens with zero attached hydrogens (tertiary/aromatic N) is 1. The van der Waals surface area contributed by atoms with Crippen molar-refractivity contribution in [3.8, 4) is 0 Å². The van der Waals surface area contributed by atoms with Crippen LogP contribution in [0.3, 0.4) is 0 Å². The number of likely N-dealkylation sites (tertiary alicyclic amines) is 1. The van der Waals surface area contributed by atoms with Crippen LogP contribution in [-0.2, 0) is 4.79 Å². The molecule has 2 nitrogen and oxygen atoms in total. The Morgan fingerprint density at radius 1 is 1.23 bits per heavy atom. The minimum Gasteiger partial charge on any atom is -0.339 e. The summed E-state index contributed by atoms with van der Waals surface area (Å²) in [5.41, 5.74) is 0. The fourth-order valence-corrected chi connectivity index (χ4v) is 3.61. The Bertz CT molecular complexity index is 238. The number of carbonyl (C=O) groups is 1. The van der Waals surface area contributed by atoms with Gasteiger partial charge in [0.2, 0.25) is 5.91 Å². The lowest BCUT2D eigenvalue weighted by Gasteiger charge is -2.31. The summed E-state index contributed by atoms with van der Waals surface area (Å²) in [5.74, 6) is 2.26. The molecule has 72 valence electrons. The minimum absolute atomic E-state index is 0.428. The van der Waals surface area contributed by atoms with E-state index >= 15 is 0 Å². The largest absolute Gasteiger partial charge is 0.339 e. The number of amides is 1. The highest BCUT2D eigenvalue weighted by Crippen LogP contribution is 2.47. The first-order valence-electron chi connectivity index (χ1n) is 5.64. The van der Waals surface area contributed by atoms with E-state index in [0.717, 1.165) is 31.2 Å². The van der Waals surface area contributed by atoms with E-state index < -0.39 is 0 Å². The van der Waals surface area contributed by atoms with Crippen LogP contribution in [0, 0.1) is 11.8 Å². The van der Waals surface area contributed by atoms with Gasteiger partial charge in [0.1, 0.15) is 0 Å². The van der Waals surface area contributed by atoms with Gasteiger partial charge in [-0.15, -0.1) is 0 Å². The number of hydrogen-bond donors (Lipinski definition) is 0. The lowest BCUT2D eigenvalue weighted by Crippen LogP contribution is -2.39. The quantitative estimate of drug-likeness (QED) is 0.601. The molecule has 2 bridgehead atoms. The Hall–Kier alpha value is -0.530. The molecule has 2 heteroatoms. The van der Waals surface area contributed by atoms with Gasteiger partial charge < -0.3 is 4.90 Å². The Labute approximate surface area is 79.3 Å². The highest BCUT2D eigenvalue weighted by Gasteiger charge is 2.44. The summed E-state index contributed by atoms with van der Waals surface area (Å²) in [6.45, 7) is 1.05. The van der Waals surface area contributed by atoms with E-state index in [1.165, 1.54) is 25.7 Å². The van der Waals surface area contributed by atoms with Gasteiger partial charge >= 0.3 is 0 Å². The maximum atomic E-state index is 11.6. The van der Waals surface area contributed by atoms with Gasteiger partial charge in [0.15, 0.2) is 0 Å². The normalized spacial score (nSPS) is 43.5. The smallest absolute Gasteiger partial charge is 0.222 e. The second-order valence-electron chi connectivity index (χ2n) is 4.93. The maximum absolute atomic E-state index is 11.6. The summed E-state index contributed by atoms with van der Waals surface area (Å²) in [4.78, 5) is 13.7. The lowest BCUT2D eigenvalue weighted by atomic mass is 9.94. The minimum atomic E-state index is 0.428. The second kappa shape index (κ2) is 2.73. The number of rotatable bonds is 1. The topological polar surface area (TPSA) is 20.3 Å². The van der Waals surface area contributed by atoms with Crippen LogP contribution in [-0.4, -0.2) is 23.4 Å². The summed E-state index contributed by atoms with van der Waals surface area (Å²) in [6.07, 6.45) is 7.47. The van der Waals surface area contributed by atoms with Gasteiger partial charge in [-0.3, -0.25) is 4.79 Å². The molecule has 3 fully saturated rings. The van der Waals surface area contributed by atoms with Crippen molar-refractivity contribution < 1.29 is 4.79 Å². The van der Waals surface area contributed by atoms with E-state index in [2.05, 4.69) is 4.90 Å². The molecule has 13 heavy (non-hydrogen) atoms. The van der Waals surface area contributed by atoms with Crippen LogP contribution in [0.4, 0.5) is 0 Å². The fraction of sp³-hybridized carbons (Fsp3) is 0.909. The molecule has 3 unspecified atom stereocenters. The van der Waals surface area contributed by atoms with Crippen LogP contribution < -0.4 is 0 Å². The monoisotopic (exact) mass is 179 g/mol. The first-order valence-corrected chi connectivity index (χ1v) is 5.64. The van der Waals surface area contributed by atoms with E-state index in [9.17, 15) is 4.79 Å². The van der Waals surface area contributed by atoms with Gasteiger partial charge in [0.05, 0.1) is 0 Å². The van der Waals surface area contributed by atoms with E-state index in [0.29, 0.717) is 11.9 Å². The van der Waals surface area contributed by atoms with E-state index in [-0.39, 0.29) is 0 Å². The molecular weight excluding hydrogens is 162 g/mol. The van der Waals surface area contributed by atoms with E-state index in [1.54, 1.807) is 0 Å². The molecule has 0 N–H and O–H groups in total. The third kappa shape index (κ3) is 1.11. The SMILES string of the molecule is O=C1CCCN1C1CC2CCC1C2. The average molecular weight is 179 g/mol. The molecule has 2 saturated carbocycles. The lowest BCUT2D eigenvalue weighted by molar-refractivity contribution is -0.130. The highest BCUT2D eigenvalue weighted by atomic mass is 16.2. The van der Waals surface area contributed by atoms with Crippen molar-refractivity contribution in [3.63, 3.8) is 0 Å². The number of carbonyl (C=O) groups excluding carboxylic acids is 1. The van der Waals surface area contributed by atoms with Gasteiger partial charge in [-0.2, -0.15) is 0 Å². The molecule has 2 aliphatic carbocycles. The zero-order valence-electron chi connectivity index (χ0n) is 8.04. The van der Waals surface area contributed by atoms with Gasteiger partial charge in [-0.1, -0.05) is 6.42 Å². The molecule has 1 saturated heterocycles. The van der Waals surface area contributed by atoms with Gasteiger partial charge in [0, 0.05) is 19.0 Å². The van der Waals surface area contributed by atoms with Crippen molar-refractivity contribution >= 4 is 5.91 Å². The summed E-state index contributed by atoms with van der Waals surface area (Å²) in [5, 5.41) is 0. The Morgan fingerprint density at radius 2 is 2.15 bits per heavy atom. The molecule has 1 heterocycles. The van der Waals surface area contributed by atoms with E-state index in [1.807, 2.05) is 0 Å². The first-order chi connectivity index (χ1) is 6.34. The van der Waals surface area contributed by atoms with Crippen molar-refractivity contribution in [2.45, 2.75) is 44.6 Å². The fourth-order valence-electron chi connectivity index (χ4n) is 3.61. The second-order valence-corrected chi connectivity index (χ2v) is 4.93. The maximum Gasteiger partial charge on any atom is 0.222 e. The molecule has 1 amide bonds. The van der Waals surface area contributed by atoms with Crippen LogP contribution in [0.5, 0.6) is 0 Å². The molecule has 0 aromatic rings. The van der Waals surface area contributed by atoms with Gasteiger partial charge in [-0.25, -0.2) is 0 Å². The first kappa shape index (κ1) is 7.84. The Balaban J connectivity index is 1.75. The summed E-state index contributed by atoms with van der Waals surface area (Å²) < 4.78 is 0. The molecule has 3 rings (SSSR count). The van der Waals surface area contributed by atoms with Crippen LogP contribution >= 0.6 is 0 Å². The summed E-state index contributed by atoms with van der Waals surface area (Å²) >= 11 is 0. The Morgan fingerprint density at radius 3 is 2.69 bits per heavy atom. The van der Waals surface area contributed by atoms with Crippen LogP contribution in [0.25, 0.3) is 0 Å². The average Bonchev–Trinajstić information content (AvgIpc) is 2.77. The highest BCUT2D eigenvalue weighted by molar-refractivity contribution is 5.78. The van der Waals surface area contributed by atoms with Crippen molar-refractivity contribution in [1.82, 2.24) is 4.90 Å². The zero-order chi connectivity index (χ0) is 8.84. The third-order valence-electron chi connectivity index (χ3n) is 4.21. The Kier molecular flexibility index (Phi) is 1.64. The van der Waals surface area contributed by atoms with Crippen molar-refractivity contribution in [2.24, 2.45) is 11.8 Å². The molecule has 0 aromatic carbocycles. The van der Waals surface area contributed by atoms with E-state index in [4.69, 9.17) is 0 Å². The van der Waals surface area contributed by atoms with Crippen molar-refractivity contribution in [1.29, 1.82) is 0 Å². The van der Waals surface area contributed by atoms with Crippen molar-refractivity contribution in [2.75, 3.05) is 6.54 Å². The summed E-state index contributed by atoms with van der Waals surface area (Å²) in [6, 6.07) is 0.647. The number of hydrogen-bond acceptors (Lipinski definition) is 1. The van der Waals surface area contributed by atoms with Gasteiger partial charge in [0.25, 0.3) is 0 Å². The standard InChI is InChI=1S/C11H17NO/c13-11-2-1-5-12(11)10-7-8-3-4-9(10)6-8/h8-10H,1-7H2. The van der Waals surface area contributed by atoms with Gasteiger partial charge in [-0.05, 0) is 37.5 Å². The summed E-state index contributed by atoms with van der Waals surface area (Å²) in [7, 11) is 0. The molecule has 0 radical (unpaired) electrons. The van der Waals surface area contributed by atoms with Crippen LogP contribution in [0.1, 0.15) is 38.5 Å². The molecule has 0 spiro atoms. The molecule has 1 aliphatic heterocycles. The van der Waals surface area contributed by atoms with Crippen LogP contribution in [0.2, 0.25) is 0 Å². The van der Waals surface area contributed by atoms with Crippen LogP contribution in [0.15, 0.2) is 0 Å². The predicted octanol–water partition coefficient (Wildman–Crippen LogP) is 1.80. The molecule has 3 aliphatic rings. The number of fused-ring (bicyclic) bond motifs is 2. The molecule has 0 aromatic heterocycles.